The molecule has 23 heavy (non-hydrogen) atoms. The van der Waals surface area contributed by atoms with Gasteiger partial charge >= 0.3 is 6.61 Å². The van der Waals surface area contributed by atoms with E-state index in [0.717, 1.165) is 25.7 Å². The van der Waals surface area contributed by atoms with Crippen molar-refractivity contribution in [3.05, 3.63) is 24.0 Å². The molecular weight excluding hydrogens is 308 g/mol. The Morgan fingerprint density at radius 2 is 2.00 bits per heavy atom. The zero-order chi connectivity index (χ0) is 16.4. The Labute approximate surface area is 131 Å². The quantitative estimate of drug-likeness (QED) is 0.909. The van der Waals surface area contributed by atoms with E-state index < -0.39 is 12.2 Å². The van der Waals surface area contributed by atoms with Crippen LogP contribution in [-0.4, -0.2) is 23.9 Å². The molecule has 6 nitrogen and oxygen atoms in total. The fourth-order valence-corrected chi connectivity index (χ4v) is 2.77. The molecule has 0 saturated heterocycles. The number of rotatable bonds is 5. The van der Waals surface area contributed by atoms with Crippen molar-refractivity contribution in [1.29, 1.82) is 0 Å². The maximum Gasteiger partial charge on any atom is 0.387 e. The van der Waals surface area contributed by atoms with Crippen LogP contribution < -0.4 is 15.2 Å². The van der Waals surface area contributed by atoms with E-state index in [4.69, 9.17) is 15.0 Å². The number of hydrogen-bond acceptors (Lipinski definition) is 6. The largest absolute Gasteiger partial charge is 0.493 e. The van der Waals surface area contributed by atoms with Gasteiger partial charge in [0.15, 0.2) is 17.3 Å². The lowest BCUT2D eigenvalue weighted by atomic mass is 9.99. The summed E-state index contributed by atoms with van der Waals surface area (Å²) in [6.45, 7) is -2.93. The zero-order valence-corrected chi connectivity index (χ0v) is 12.6. The molecule has 1 aliphatic rings. The van der Waals surface area contributed by atoms with Crippen molar-refractivity contribution >= 4 is 0 Å². The highest BCUT2D eigenvalue weighted by Crippen LogP contribution is 2.37. The Bertz CT molecular complexity index is 684. The Balaban J connectivity index is 1.88. The van der Waals surface area contributed by atoms with Crippen LogP contribution in [0.25, 0.3) is 11.5 Å². The molecular formula is C15H17F2N3O3. The SMILES string of the molecule is COc1cc(-c2nc(C3(N)CCCC3)no2)ccc1OC(F)F. The lowest BCUT2D eigenvalue weighted by Crippen LogP contribution is -2.34. The molecule has 2 N–H and O–H groups in total. The molecule has 0 atom stereocenters. The summed E-state index contributed by atoms with van der Waals surface area (Å²) in [5, 5.41) is 3.97. The van der Waals surface area contributed by atoms with Gasteiger partial charge in [0.25, 0.3) is 5.89 Å². The molecule has 1 heterocycles. The summed E-state index contributed by atoms with van der Waals surface area (Å²) in [6.07, 6.45) is 3.70. The first-order valence-corrected chi connectivity index (χ1v) is 7.28. The molecule has 2 aromatic rings. The number of ether oxygens (including phenoxy) is 2. The fraction of sp³-hybridized carbons (Fsp3) is 0.467. The minimum absolute atomic E-state index is 0.0583. The van der Waals surface area contributed by atoms with Gasteiger partial charge in [0, 0.05) is 5.56 Å². The summed E-state index contributed by atoms with van der Waals surface area (Å²) in [5.74, 6) is 0.832. The molecule has 0 amide bonds. The maximum atomic E-state index is 12.3. The first-order valence-electron chi connectivity index (χ1n) is 7.28. The van der Waals surface area contributed by atoms with E-state index in [-0.39, 0.29) is 17.4 Å². The van der Waals surface area contributed by atoms with E-state index in [2.05, 4.69) is 14.9 Å². The number of halogens is 2. The van der Waals surface area contributed by atoms with E-state index in [1.165, 1.54) is 19.2 Å². The topological polar surface area (TPSA) is 83.4 Å². The molecule has 124 valence electrons. The second kappa shape index (κ2) is 6.11. The summed E-state index contributed by atoms with van der Waals surface area (Å²) in [7, 11) is 1.37. The molecule has 8 heteroatoms. The fourth-order valence-electron chi connectivity index (χ4n) is 2.77. The van der Waals surface area contributed by atoms with E-state index in [1.54, 1.807) is 6.07 Å². The van der Waals surface area contributed by atoms with Crippen molar-refractivity contribution in [3.8, 4) is 23.0 Å². The van der Waals surface area contributed by atoms with Crippen molar-refractivity contribution in [3.63, 3.8) is 0 Å². The van der Waals surface area contributed by atoms with Crippen LogP contribution in [0.5, 0.6) is 11.5 Å². The van der Waals surface area contributed by atoms with E-state index in [1.807, 2.05) is 0 Å². The molecule has 0 spiro atoms. The van der Waals surface area contributed by atoms with Crippen LogP contribution in [0.3, 0.4) is 0 Å². The predicted molar refractivity (Wildman–Crippen MR) is 77.3 cm³/mol. The number of aromatic nitrogens is 2. The van der Waals surface area contributed by atoms with E-state index in [0.29, 0.717) is 11.4 Å². The number of benzene rings is 1. The van der Waals surface area contributed by atoms with Crippen molar-refractivity contribution in [2.45, 2.75) is 37.8 Å². The molecule has 0 unspecified atom stereocenters. The molecule has 1 aromatic heterocycles. The van der Waals surface area contributed by atoms with Crippen molar-refractivity contribution in [2.24, 2.45) is 5.73 Å². The number of hydrogen-bond donors (Lipinski definition) is 1. The summed E-state index contributed by atoms with van der Waals surface area (Å²) < 4.78 is 39.4. The van der Waals surface area contributed by atoms with Gasteiger partial charge in [0.1, 0.15) is 0 Å². The number of nitrogens with zero attached hydrogens (tertiary/aromatic N) is 2. The number of methoxy groups -OCH3 is 1. The standard InChI is InChI=1S/C15H17F2N3O3/c1-21-11-8-9(4-5-10(11)22-14(16)17)12-19-13(20-23-12)15(18)6-2-3-7-15/h4-5,8,14H,2-3,6-7,18H2,1H3. The molecule has 0 bridgehead atoms. The molecule has 3 rings (SSSR count). The van der Waals surface area contributed by atoms with Crippen LogP contribution in [0, 0.1) is 0 Å². The van der Waals surface area contributed by atoms with Gasteiger partial charge in [-0.15, -0.1) is 0 Å². The van der Waals surface area contributed by atoms with Gasteiger partial charge in [0.2, 0.25) is 0 Å². The van der Waals surface area contributed by atoms with Crippen molar-refractivity contribution in [1.82, 2.24) is 10.1 Å². The van der Waals surface area contributed by atoms with Crippen LogP contribution >= 0.6 is 0 Å². The van der Waals surface area contributed by atoms with E-state index >= 15 is 0 Å². The summed E-state index contributed by atoms with van der Waals surface area (Å²) in [6, 6.07) is 4.43. The maximum absolute atomic E-state index is 12.3. The normalized spacial score (nSPS) is 16.7. The highest BCUT2D eigenvalue weighted by molar-refractivity contribution is 5.59. The van der Waals surface area contributed by atoms with Gasteiger partial charge in [-0.25, -0.2) is 0 Å². The first kappa shape index (κ1) is 15.7. The van der Waals surface area contributed by atoms with Gasteiger partial charge in [0.05, 0.1) is 12.6 Å². The lowest BCUT2D eigenvalue weighted by molar-refractivity contribution is -0.0512. The highest BCUT2D eigenvalue weighted by atomic mass is 19.3. The zero-order valence-electron chi connectivity index (χ0n) is 12.6. The Hall–Kier alpha value is -2.22. The monoisotopic (exact) mass is 325 g/mol. The molecule has 1 saturated carbocycles. The molecule has 1 fully saturated rings. The Kier molecular flexibility index (Phi) is 4.16. The highest BCUT2D eigenvalue weighted by Gasteiger charge is 2.36. The summed E-state index contributed by atoms with van der Waals surface area (Å²) >= 11 is 0. The molecule has 1 aromatic carbocycles. The van der Waals surface area contributed by atoms with Crippen LogP contribution in [0.4, 0.5) is 8.78 Å². The minimum atomic E-state index is -2.93. The first-order chi connectivity index (χ1) is 11.0. The Morgan fingerprint density at radius 1 is 1.26 bits per heavy atom. The van der Waals surface area contributed by atoms with Gasteiger partial charge < -0.3 is 19.7 Å². The smallest absolute Gasteiger partial charge is 0.387 e. The van der Waals surface area contributed by atoms with Crippen molar-refractivity contribution < 1.29 is 22.8 Å². The van der Waals surface area contributed by atoms with Gasteiger partial charge in [-0.2, -0.15) is 13.8 Å². The average molecular weight is 325 g/mol. The minimum Gasteiger partial charge on any atom is -0.493 e. The lowest BCUT2D eigenvalue weighted by Gasteiger charge is -2.17. The van der Waals surface area contributed by atoms with E-state index in [9.17, 15) is 8.78 Å². The third kappa shape index (κ3) is 3.12. The second-order valence-electron chi connectivity index (χ2n) is 5.53. The summed E-state index contributed by atoms with van der Waals surface area (Å²) in [4.78, 5) is 4.35. The second-order valence-corrected chi connectivity index (χ2v) is 5.53. The third-order valence-corrected chi connectivity index (χ3v) is 3.99. The summed E-state index contributed by atoms with van der Waals surface area (Å²) in [5.41, 5.74) is 6.29. The number of nitrogens with two attached hydrogens (primary N) is 1. The third-order valence-electron chi connectivity index (χ3n) is 3.99. The van der Waals surface area contributed by atoms with Gasteiger partial charge in [-0.1, -0.05) is 18.0 Å². The molecule has 1 aliphatic carbocycles. The van der Waals surface area contributed by atoms with Crippen molar-refractivity contribution in [2.75, 3.05) is 7.11 Å². The molecule has 0 aliphatic heterocycles. The van der Waals surface area contributed by atoms with Crippen LogP contribution in [0.15, 0.2) is 22.7 Å². The van der Waals surface area contributed by atoms with Crippen LogP contribution in [-0.2, 0) is 5.54 Å². The Morgan fingerprint density at radius 3 is 2.65 bits per heavy atom. The van der Waals surface area contributed by atoms with Gasteiger partial charge in [-0.3, -0.25) is 0 Å². The number of alkyl halides is 2. The predicted octanol–water partition coefficient (Wildman–Crippen LogP) is 3.07. The average Bonchev–Trinajstić information content (AvgIpc) is 3.17. The van der Waals surface area contributed by atoms with Crippen LogP contribution in [0.1, 0.15) is 31.5 Å². The molecule has 0 radical (unpaired) electrons. The van der Waals surface area contributed by atoms with Crippen LogP contribution in [0.2, 0.25) is 0 Å². The van der Waals surface area contributed by atoms with Gasteiger partial charge in [-0.05, 0) is 31.0 Å².